The van der Waals surface area contributed by atoms with Crippen LogP contribution in [0.4, 0.5) is 0 Å². The predicted octanol–water partition coefficient (Wildman–Crippen LogP) is 3.79. The summed E-state index contributed by atoms with van der Waals surface area (Å²) in [5.41, 5.74) is 1.22. The van der Waals surface area contributed by atoms with E-state index in [9.17, 15) is 5.26 Å². The molecule has 4 heterocycles. The predicted molar refractivity (Wildman–Crippen MR) is 90.9 cm³/mol. The molecule has 120 valence electrons. The van der Waals surface area contributed by atoms with Crippen molar-refractivity contribution >= 4 is 23.0 Å². The van der Waals surface area contributed by atoms with Gasteiger partial charge in [0.1, 0.15) is 11.9 Å². The number of hydrogen-bond acceptors (Lipinski definition) is 6. The van der Waals surface area contributed by atoms with E-state index in [2.05, 4.69) is 25.8 Å². The molecule has 0 saturated carbocycles. The largest absolute Gasteiger partial charge is 0.462 e. The summed E-state index contributed by atoms with van der Waals surface area (Å²) >= 11 is 1.49. The van der Waals surface area contributed by atoms with Crippen molar-refractivity contribution < 1.29 is 4.42 Å². The number of fused-ring (bicyclic) bond motifs is 1. The van der Waals surface area contributed by atoms with Crippen LogP contribution in [0.5, 0.6) is 0 Å². The summed E-state index contributed by atoms with van der Waals surface area (Å²) < 4.78 is 7.43. The maximum absolute atomic E-state index is 9.58. The molecule has 0 radical (unpaired) electrons. The topological polar surface area (TPSA) is 80.5 Å². The Morgan fingerprint density at radius 2 is 2.29 bits per heavy atom. The molecular formula is C17H15N5OS. The maximum Gasteiger partial charge on any atom is 0.174 e. The van der Waals surface area contributed by atoms with Crippen LogP contribution in [0.25, 0.3) is 22.4 Å². The monoisotopic (exact) mass is 337 g/mol. The van der Waals surface area contributed by atoms with E-state index in [1.54, 1.807) is 12.3 Å². The summed E-state index contributed by atoms with van der Waals surface area (Å²) in [5, 5.41) is 20.8. The Balaban J connectivity index is 1.68. The maximum atomic E-state index is 9.58. The van der Waals surface area contributed by atoms with Gasteiger partial charge >= 0.3 is 0 Å². The number of nitriles is 1. The molecule has 24 heavy (non-hydrogen) atoms. The standard InChI is InChI=1S/C17H15N5OS/c18-10-12(16-21-20-15-6-2-1-3-7-22(15)16)9-13-11-24-17(19-13)14-5-4-8-23-14/h4-5,8-9,11H,1-3,6-7H2/b12-9+. The van der Waals surface area contributed by atoms with E-state index in [1.165, 1.54) is 17.8 Å². The zero-order chi connectivity index (χ0) is 16.4. The number of rotatable bonds is 3. The Morgan fingerprint density at radius 3 is 3.12 bits per heavy atom. The average Bonchev–Trinajstić information content (AvgIpc) is 3.31. The minimum atomic E-state index is 0.493. The van der Waals surface area contributed by atoms with E-state index in [0.717, 1.165) is 48.1 Å². The third kappa shape index (κ3) is 2.76. The molecule has 0 spiro atoms. The Kier molecular flexibility index (Phi) is 3.97. The van der Waals surface area contributed by atoms with Crippen LogP contribution in [0.2, 0.25) is 0 Å². The summed E-state index contributed by atoms with van der Waals surface area (Å²) in [6.07, 6.45) is 7.72. The molecule has 0 amide bonds. The second-order valence-corrected chi connectivity index (χ2v) is 6.48. The fraction of sp³-hybridized carbons (Fsp3) is 0.294. The molecule has 0 unspecified atom stereocenters. The second kappa shape index (κ2) is 6.42. The molecule has 7 heteroatoms. The third-order valence-corrected chi connectivity index (χ3v) is 4.89. The lowest BCUT2D eigenvalue weighted by Gasteiger charge is -2.05. The summed E-state index contributed by atoms with van der Waals surface area (Å²) in [6, 6.07) is 5.95. The van der Waals surface area contributed by atoms with Gasteiger partial charge in [0.05, 0.1) is 17.5 Å². The number of nitrogens with zero attached hydrogens (tertiary/aromatic N) is 5. The molecule has 0 aromatic carbocycles. The summed E-state index contributed by atoms with van der Waals surface area (Å²) in [6.45, 7) is 0.866. The molecule has 0 saturated heterocycles. The first kappa shape index (κ1) is 14.8. The highest BCUT2D eigenvalue weighted by molar-refractivity contribution is 7.13. The van der Waals surface area contributed by atoms with E-state index in [-0.39, 0.29) is 0 Å². The van der Waals surface area contributed by atoms with Crippen molar-refractivity contribution in [2.24, 2.45) is 0 Å². The quantitative estimate of drug-likeness (QED) is 0.679. The van der Waals surface area contributed by atoms with Crippen LogP contribution < -0.4 is 0 Å². The second-order valence-electron chi connectivity index (χ2n) is 5.63. The van der Waals surface area contributed by atoms with Gasteiger partial charge in [-0.3, -0.25) is 0 Å². The molecule has 6 nitrogen and oxygen atoms in total. The lowest BCUT2D eigenvalue weighted by molar-refractivity contribution is 0.582. The van der Waals surface area contributed by atoms with Crippen LogP contribution >= 0.6 is 11.3 Å². The first-order valence-electron chi connectivity index (χ1n) is 7.89. The molecule has 3 aromatic heterocycles. The highest BCUT2D eigenvalue weighted by atomic mass is 32.1. The molecule has 1 aliphatic heterocycles. The van der Waals surface area contributed by atoms with Gasteiger partial charge in [0, 0.05) is 18.3 Å². The zero-order valence-electron chi connectivity index (χ0n) is 13.0. The number of thiazole rings is 1. The van der Waals surface area contributed by atoms with Crippen LogP contribution in [0.3, 0.4) is 0 Å². The molecule has 3 aromatic rings. The first-order valence-corrected chi connectivity index (χ1v) is 8.77. The van der Waals surface area contributed by atoms with Gasteiger partial charge in [0.15, 0.2) is 16.6 Å². The van der Waals surface area contributed by atoms with E-state index >= 15 is 0 Å². The lowest BCUT2D eigenvalue weighted by Crippen LogP contribution is -2.05. The van der Waals surface area contributed by atoms with E-state index in [0.29, 0.717) is 11.4 Å². The normalized spacial score (nSPS) is 14.9. The molecule has 0 atom stereocenters. The van der Waals surface area contributed by atoms with Gasteiger partial charge in [-0.15, -0.1) is 21.5 Å². The molecule has 0 bridgehead atoms. The fourth-order valence-corrected chi connectivity index (χ4v) is 3.59. The molecule has 0 N–H and O–H groups in total. The van der Waals surface area contributed by atoms with Gasteiger partial charge in [0.25, 0.3) is 0 Å². The van der Waals surface area contributed by atoms with Crippen LogP contribution in [0.1, 0.15) is 36.6 Å². The smallest absolute Gasteiger partial charge is 0.174 e. The molecule has 1 aliphatic rings. The first-order chi connectivity index (χ1) is 11.8. The number of aromatic nitrogens is 4. The van der Waals surface area contributed by atoms with Crippen molar-refractivity contribution in [2.45, 2.75) is 32.2 Å². The molecule has 0 aliphatic carbocycles. The van der Waals surface area contributed by atoms with Gasteiger partial charge < -0.3 is 8.98 Å². The summed E-state index contributed by atoms with van der Waals surface area (Å²) in [5.74, 6) is 2.34. The average molecular weight is 337 g/mol. The Bertz CT molecular complexity index is 913. The molecule has 4 rings (SSSR count). The minimum absolute atomic E-state index is 0.493. The number of aryl methyl sites for hydroxylation is 1. The van der Waals surface area contributed by atoms with Crippen LogP contribution in [-0.4, -0.2) is 19.7 Å². The highest BCUT2D eigenvalue weighted by Gasteiger charge is 2.18. The Hall–Kier alpha value is -2.72. The van der Waals surface area contributed by atoms with Crippen molar-refractivity contribution in [3.05, 3.63) is 41.1 Å². The SMILES string of the molecule is N#C/C(=C\c1csc(-c2ccco2)n1)c1nnc2n1CCCCC2. The van der Waals surface area contributed by atoms with E-state index in [4.69, 9.17) is 4.42 Å². The number of hydrogen-bond donors (Lipinski definition) is 0. The van der Waals surface area contributed by atoms with E-state index < -0.39 is 0 Å². The van der Waals surface area contributed by atoms with Crippen LogP contribution in [0.15, 0.2) is 28.2 Å². The third-order valence-electron chi connectivity index (χ3n) is 4.02. The van der Waals surface area contributed by atoms with Crippen molar-refractivity contribution in [1.82, 2.24) is 19.7 Å². The van der Waals surface area contributed by atoms with Crippen molar-refractivity contribution in [2.75, 3.05) is 0 Å². The highest BCUT2D eigenvalue weighted by Crippen LogP contribution is 2.26. The van der Waals surface area contributed by atoms with Crippen LogP contribution in [0, 0.1) is 11.3 Å². The van der Waals surface area contributed by atoms with Gasteiger partial charge in [-0.1, -0.05) is 6.42 Å². The van der Waals surface area contributed by atoms with Crippen molar-refractivity contribution in [1.29, 1.82) is 5.26 Å². The minimum Gasteiger partial charge on any atom is -0.462 e. The van der Waals surface area contributed by atoms with Crippen molar-refractivity contribution in [3.8, 4) is 16.8 Å². The molecule has 0 fully saturated rings. The van der Waals surface area contributed by atoms with Gasteiger partial charge in [0.2, 0.25) is 0 Å². The number of furan rings is 1. The van der Waals surface area contributed by atoms with E-state index in [1.807, 2.05) is 17.5 Å². The Morgan fingerprint density at radius 1 is 1.33 bits per heavy atom. The fourth-order valence-electron chi connectivity index (χ4n) is 2.84. The Labute approximate surface area is 143 Å². The van der Waals surface area contributed by atoms with Gasteiger partial charge in [-0.05, 0) is 31.1 Å². The van der Waals surface area contributed by atoms with Gasteiger partial charge in [-0.2, -0.15) is 5.26 Å². The summed E-state index contributed by atoms with van der Waals surface area (Å²) in [4.78, 5) is 4.52. The van der Waals surface area contributed by atoms with Crippen molar-refractivity contribution in [3.63, 3.8) is 0 Å². The van der Waals surface area contributed by atoms with Crippen LogP contribution in [-0.2, 0) is 13.0 Å². The summed E-state index contributed by atoms with van der Waals surface area (Å²) in [7, 11) is 0. The lowest BCUT2D eigenvalue weighted by atomic mass is 10.2. The number of allylic oxidation sites excluding steroid dienone is 1. The van der Waals surface area contributed by atoms with Gasteiger partial charge in [-0.25, -0.2) is 4.98 Å². The zero-order valence-corrected chi connectivity index (χ0v) is 13.8. The molecular weight excluding hydrogens is 322 g/mol.